The van der Waals surface area contributed by atoms with E-state index in [4.69, 9.17) is 4.74 Å². The van der Waals surface area contributed by atoms with E-state index in [1.165, 1.54) is 10.9 Å². The lowest BCUT2D eigenvalue weighted by molar-refractivity contribution is -0.135. The van der Waals surface area contributed by atoms with E-state index in [1.54, 1.807) is 45.4 Å². The van der Waals surface area contributed by atoms with Gasteiger partial charge in [0.15, 0.2) is 11.6 Å². The summed E-state index contributed by atoms with van der Waals surface area (Å²) in [6.45, 7) is 7.30. The number of hydrogen-bond acceptors (Lipinski definition) is 4. The Kier molecular flexibility index (Phi) is 8.41. The second-order valence-corrected chi connectivity index (χ2v) is 10.5. The molecule has 36 heavy (non-hydrogen) atoms. The number of nitrogens with zero attached hydrogens (tertiary/aromatic N) is 2. The minimum atomic E-state index is -0.430. The van der Waals surface area contributed by atoms with Crippen LogP contribution in [0.5, 0.6) is 5.75 Å². The number of aryl methyl sites for hydroxylation is 1. The highest BCUT2D eigenvalue weighted by Gasteiger charge is 2.34. The summed E-state index contributed by atoms with van der Waals surface area (Å²) in [6, 6.07) is 15.4. The number of halogens is 1. The Morgan fingerprint density at radius 3 is 2.75 bits per heavy atom. The number of para-hydroxylation sites is 1. The van der Waals surface area contributed by atoms with Crippen LogP contribution in [0, 0.1) is 18.7 Å². The van der Waals surface area contributed by atoms with Crippen LogP contribution < -0.4 is 4.74 Å². The summed E-state index contributed by atoms with van der Waals surface area (Å²) >= 11 is 1.66. The first kappa shape index (κ1) is 25.9. The topological polar surface area (TPSA) is 49.9 Å². The molecule has 2 amide bonds. The van der Waals surface area contributed by atoms with Gasteiger partial charge in [-0.3, -0.25) is 9.59 Å². The highest BCUT2D eigenvalue weighted by molar-refractivity contribution is 7.10. The van der Waals surface area contributed by atoms with Gasteiger partial charge < -0.3 is 14.5 Å². The summed E-state index contributed by atoms with van der Waals surface area (Å²) in [4.78, 5) is 31.8. The number of ether oxygens (including phenoxy) is 1. The molecule has 0 saturated carbocycles. The monoisotopic (exact) mass is 508 g/mol. The van der Waals surface area contributed by atoms with E-state index in [2.05, 4.69) is 13.8 Å². The molecule has 0 unspecified atom stereocenters. The molecule has 0 saturated heterocycles. The van der Waals surface area contributed by atoms with Gasteiger partial charge in [0.25, 0.3) is 5.91 Å². The Morgan fingerprint density at radius 1 is 1.19 bits per heavy atom. The first-order valence-corrected chi connectivity index (χ1v) is 13.3. The number of benzene rings is 2. The van der Waals surface area contributed by atoms with Crippen molar-refractivity contribution in [1.29, 1.82) is 0 Å². The fourth-order valence-electron chi connectivity index (χ4n) is 4.54. The van der Waals surface area contributed by atoms with Crippen molar-refractivity contribution in [1.82, 2.24) is 9.80 Å². The Hall–Kier alpha value is -3.19. The smallest absolute Gasteiger partial charge is 0.254 e. The summed E-state index contributed by atoms with van der Waals surface area (Å²) in [5.74, 6) is -0.268. The van der Waals surface area contributed by atoms with Gasteiger partial charge in [-0.25, -0.2) is 4.39 Å². The zero-order chi connectivity index (χ0) is 25.7. The molecule has 7 heteroatoms. The maximum absolute atomic E-state index is 14.2. The van der Waals surface area contributed by atoms with Gasteiger partial charge >= 0.3 is 0 Å². The zero-order valence-corrected chi connectivity index (χ0v) is 21.9. The Labute approximate surface area is 216 Å². The third-order valence-corrected chi connectivity index (χ3v) is 7.75. The average Bonchev–Trinajstić information content (AvgIpc) is 3.36. The van der Waals surface area contributed by atoms with Crippen molar-refractivity contribution < 1.29 is 18.7 Å². The SMILES string of the molecule is CC[C@@H](C)CN(CC(=O)N1CCc2sccc2[C@@H]1COc1ccccc1F)C(=O)c1cccc(C)c1. The third kappa shape index (κ3) is 5.95. The van der Waals surface area contributed by atoms with Crippen LogP contribution in [0.4, 0.5) is 4.39 Å². The van der Waals surface area contributed by atoms with Gasteiger partial charge in [-0.05, 0) is 60.5 Å². The quantitative estimate of drug-likeness (QED) is 0.362. The normalized spacial score (nSPS) is 15.8. The lowest BCUT2D eigenvalue weighted by atomic mass is 10.00. The van der Waals surface area contributed by atoms with Crippen molar-refractivity contribution in [3.63, 3.8) is 0 Å². The molecule has 1 aliphatic heterocycles. The highest BCUT2D eigenvalue weighted by Crippen LogP contribution is 2.34. The summed E-state index contributed by atoms with van der Waals surface area (Å²) in [5.41, 5.74) is 2.63. The van der Waals surface area contributed by atoms with Crippen molar-refractivity contribution in [3.05, 3.63) is 87.4 Å². The van der Waals surface area contributed by atoms with E-state index in [0.29, 0.717) is 18.7 Å². The number of hydrogen-bond donors (Lipinski definition) is 0. The van der Waals surface area contributed by atoms with Gasteiger partial charge in [0, 0.05) is 23.5 Å². The number of amides is 2. The molecule has 2 aromatic carbocycles. The number of carbonyl (C=O) groups is 2. The molecule has 1 aromatic heterocycles. The molecule has 0 aliphatic carbocycles. The van der Waals surface area contributed by atoms with E-state index in [-0.39, 0.29) is 42.7 Å². The molecule has 1 aliphatic rings. The summed E-state index contributed by atoms with van der Waals surface area (Å²) in [6.07, 6.45) is 1.67. The summed E-state index contributed by atoms with van der Waals surface area (Å²) in [5, 5.41) is 2.02. The van der Waals surface area contributed by atoms with Crippen molar-refractivity contribution >= 4 is 23.2 Å². The van der Waals surface area contributed by atoms with Crippen molar-refractivity contribution in [2.75, 3.05) is 26.2 Å². The molecular weight excluding hydrogens is 475 g/mol. The Bertz CT molecular complexity index is 1210. The summed E-state index contributed by atoms with van der Waals surface area (Å²) in [7, 11) is 0. The van der Waals surface area contributed by atoms with Crippen LogP contribution in [0.25, 0.3) is 0 Å². The first-order valence-electron chi connectivity index (χ1n) is 12.5. The standard InChI is InChI=1S/C29H33FN2O3S/c1-4-20(2)17-31(29(34)22-9-7-8-21(3)16-22)18-28(33)32-14-12-27-23(13-15-36-27)25(32)19-35-26-11-6-5-10-24(26)30/h5-11,13,15-16,20,25H,4,12,14,17-19H2,1-3H3/t20-,25+/m1/s1. The van der Waals surface area contributed by atoms with Crippen LogP contribution in [-0.2, 0) is 11.2 Å². The summed E-state index contributed by atoms with van der Waals surface area (Å²) < 4.78 is 20.0. The van der Waals surface area contributed by atoms with Gasteiger partial charge in [0.05, 0.1) is 6.04 Å². The number of carbonyl (C=O) groups excluding carboxylic acids is 2. The van der Waals surface area contributed by atoms with Crippen LogP contribution in [0.2, 0.25) is 0 Å². The van der Waals surface area contributed by atoms with Crippen LogP contribution in [0.3, 0.4) is 0 Å². The van der Waals surface area contributed by atoms with Gasteiger partial charge in [0.2, 0.25) is 5.91 Å². The predicted molar refractivity (Wildman–Crippen MR) is 141 cm³/mol. The van der Waals surface area contributed by atoms with E-state index in [1.807, 2.05) is 36.6 Å². The maximum atomic E-state index is 14.2. The Balaban J connectivity index is 1.55. The lowest BCUT2D eigenvalue weighted by Gasteiger charge is -2.37. The number of rotatable bonds is 9. The molecular formula is C29H33FN2O3S. The molecule has 0 N–H and O–H groups in total. The van der Waals surface area contributed by atoms with E-state index in [0.717, 1.165) is 24.0 Å². The zero-order valence-electron chi connectivity index (χ0n) is 21.1. The van der Waals surface area contributed by atoms with Crippen LogP contribution in [0.15, 0.2) is 60.0 Å². The fraction of sp³-hybridized carbons (Fsp3) is 0.379. The fourth-order valence-corrected chi connectivity index (χ4v) is 5.47. The van der Waals surface area contributed by atoms with Crippen LogP contribution >= 0.6 is 11.3 Å². The van der Waals surface area contributed by atoms with Crippen molar-refractivity contribution in [3.8, 4) is 5.75 Å². The molecule has 2 atom stereocenters. The molecule has 5 nitrogen and oxygen atoms in total. The lowest BCUT2D eigenvalue weighted by Crippen LogP contribution is -2.48. The average molecular weight is 509 g/mol. The molecule has 3 aromatic rings. The molecule has 0 fully saturated rings. The number of fused-ring (bicyclic) bond motifs is 1. The molecule has 0 radical (unpaired) electrons. The van der Waals surface area contributed by atoms with E-state index < -0.39 is 5.82 Å². The predicted octanol–water partition coefficient (Wildman–Crippen LogP) is 5.89. The van der Waals surface area contributed by atoms with E-state index >= 15 is 0 Å². The Morgan fingerprint density at radius 2 is 2.00 bits per heavy atom. The molecule has 4 rings (SSSR count). The van der Waals surface area contributed by atoms with Crippen LogP contribution in [0.1, 0.15) is 52.7 Å². The first-order chi connectivity index (χ1) is 17.4. The van der Waals surface area contributed by atoms with Crippen molar-refractivity contribution in [2.45, 2.75) is 39.7 Å². The highest BCUT2D eigenvalue weighted by atomic mass is 32.1. The second-order valence-electron chi connectivity index (χ2n) is 9.46. The molecule has 190 valence electrons. The van der Waals surface area contributed by atoms with Gasteiger partial charge in [-0.1, -0.05) is 50.1 Å². The van der Waals surface area contributed by atoms with Gasteiger partial charge in [-0.2, -0.15) is 0 Å². The van der Waals surface area contributed by atoms with Crippen LogP contribution in [-0.4, -0.2) is 47.9 Å². The van der Waals surface area contributed by atoms with Crippen molar-refractivity contribution in [2.24, 2.45) is 5.92 Å². The van der Waals surface area contributed by atoms with E-state index in [9.17, 15) is 14.0 Å². The largest absolute Gasteiger partial charge is 0.488 e. The molecule has 0 bridgehead atoms. The van der Waals surface area contributed by atoms with Gasteiger partial charge in [-0.15, -0.1) is 11.3 Å². The maximum Gasteiger partial charge on any atom is 0.254 e. The molecule has 0 spiro atoms. The number of thiophene rings is 1. The molecule has 2 heterocycles. The minimum absolute atomic E-state index is 0.00716. The third-order valence-electron chi connectivity index (χ3n) is 6.76. The van der Waals surface area contributed by atoms with Gasteiger partial charge in [0.1, 0.15) is 13.2 Å². The second kappa shape index (κ2) is 11.7. The minimum Gasteiger partial charge on any atom is -0.488 e.